The number of hydrogen-bond donors (Lipinski definition) is 1. The molecule has 8 heteroatoms. The van der Waals surface area contributed by atoms with Crippen molar-refractivity contribution in [3.8, 4) is 11.5 Å². The normalized spacial score (nSPS) is 11.3. The van der Waals surface area contributed by atoms with Crippen molar-refractivity contribution in [3.05, 3.63) is 59.6 Å². The molecule has 7 nitrogen and oxygen atoms in total. The second-order valence-electron chi connectivity index (χ2n) is 6.27. The van der Waals surface area contributed by atoms with Gasteiger partial charge >= 0.3 is 0 Å². The molecule has 27 heavy (non-hydrogen) atoms. The van der Waals surface area contributed by atoms with E-state index in [1.807, 2.05) is 13.8 Å². The van der Waals surface area contributed by atoms with Gasteiger partial charge in [-0.2, -0.15) is 5.10 Å². The van der Waals surface area contributed by atoms with Crippen LogP contribution in [-0.2, 0) is 0 Å². The summed E-state index contributed by atoms with van der Waals surface area (Å²) in [4.78, 5) is 21.7. The second kappa shape index (κ2) is 6.85. The predicted octanol–water partition coefficient (Wildman–Crippen LogP) is 4.57. The number of nitrogens with one attached hydrogen (secondary N) is 1. The Morgan fingerprint density at radius 3 is 2.78 bits per heavy atom. The number of hydrogen-bond acceptors (Lipinski definition) is 5. The first kappa shape index (κ1) is 17.2. The molecule has 1 amide bonds. The zero-order chi connectivity index (χ0) is 19.0. The Kier molecular flexibility index (Phi) is 4.37. The van der Waals surface area contributed by atoms with Gasteiger partial charge in [0.2, 0.25) is 0 Å². The van der Waals surface area contributed by atoms with Crippen LogP contribution in [0.5, 0.6) is 0 Å². The van der Waals surface area contributed by atoms with Gasteiger partial charge in [-0.25, -0.2) is 14.6 Å². The van der Waals surface area contributed by atoms with Crippen molar-refractivity contribution in [3.63, 3.8) is 0 Å². The lowest BCUT2D eigenvalue weighted by molar-refractivity contribution is 0.102. The van der Waals surface area contributed by atoms with Crippen LogP contribution in [0.25, 0.3) is 22.5 Å². The molecule has 0 saturated carbocycles. The quantitative estimate of drug-likeness (QED) is 0.559. The van der Waals surface area contributed by atoms with Crippen LogP contribution in [0, 0.1) is 0 Å². The van der Waals surface area contributed by atoms with Crippen LogP contribution < -0.4 is 5.32 Å². The standard InChI is InChI=1S/C19H16ClN5O2/c1-11(2)25-18-14(10-22-25)13(8-15(23-18)16-4-3-7-27-16)19(26)24-17-6-5-12(20)9-21-17/h3-11H,1-2H3,(H,21,24,26). The zero-order valence-electron chi connectivity index (χ0n) is 14.7. The Hall–Kier alpha value is -3.19. The highest BCUT2D eigenvalue weighted by Gasteiger charge is 2.19. The molecule has 0 fully saturated rings. The van der Waals surface area contributed by atoms with Gasteiger partial charge in [-0.1, -0.05) is 11.6 Å². The van der Waals surface area contributed by atoms with Crippen LogP contribution in [0.4, 0.5) is 5.82 Å². The zero-order valence-corrected chi connectivity index (χ0v) is 15.4. The van der Waals surface area contributed by atoms with E-state index in [1.165, 1.54) is 6.20 Å². The third kappa shape index (κ3) is 3.29. The summed E-state index contributed by atoms with van der Waals surface area (Å²) in [5.74, 6) is 0.672. The maximum Gasteiger partial charge on any atom is 0.257 e. The van der Waals surface area contributed by atoms with Gasteiger partial charge in [0.05, 0.1) is 28.4 Å². The van der Waals surface area contributed by atoms with E-state index in [9.17, 15) is 4.79 Å². The van der Waals surface area contributed by atoms with Crippen molar-refractivity contribution >= 4 is 34.4 Å². The number of furan rings is 1. The van der Waals surface area contributed by atoms with Crippen LogP contribution in [0.3, 0.4) is 0 Å². The summed E-state index contributed by atoms with van der Waals surface area (Å²) in [6.45, 7) is 4.01. The van der Waals surface area contributed by atoms with Crippen molar-refractivity contribution in [2.75, 3.05) is 5.32 Å². The van der Waals surface area contributed by atoms with E-state index in [2.05, 4.69) is 20.4 Å². The van der Waals surface area contributed by atoms with Crippen LogP contribution in [-0.4, -0.2) is 25.7 Å². The van der Waals surface area contributed by atoms with E-state index in [1.54, 1.807) is 47.5 Å². The summed E-state index contributed by atoms with van der Waals surface area (Å²) in [5, 5.41) is 8.33. The number of carbonyl (C=O) groups is 1. The van der Waals surface area contributed by atoms with Crippen LogP contribution in [0.15, 0.2) is 53.4 Å². The maximum absolute atomic E-state index is 12.9. The van der Waals surface area contributed by atoms with Gasteiger partial charge in [-0.3, -0.25) is 4.79 Å². The number of fused-ring (bicyclic) bond motifs is 1. The molecule has 0 bridgehead atoms. The van der Waals surface area contributed by atoms with Crippen molar-refractivity contribution < 1.29 is 9.21 Å². The van der Waals surface area contributed by atoms with Gasteiger partial charge in [-0.05, 0) is 44.2 Å². The minimum Gasteiger partial charge on any atom is -0.463 e. The minimum absolute atomic E-state index is 0.0932. The van der Waals surface area contributed by atoms with E-state index in [0.717, 1.165) is 0 Å². The molecule has 0 aromatic carbocycles. The number of amides is 1. The number of anilines is 1. The topological polar surface area (TPSA) is 85.8 Å². The molecular weight excluding hydrogens is 366 g/mol. The first-order chi connectivity index (χ1) is 13.0. The third-order valence-corrected chi connectivity index (χ3v) is 4.27. The highest BCUT2D eigenvalue weighted by Crippen LogP contribution is 2.27. The number of carbonyl (C=O) groups excluding carboxylic acids is 1. The summed E-state index contributed by atoms with van der Waals surface area (Å²) in [6.07, 6.45) is 4.70. The molecule has 4 rings (SSSR count). The highest BCUT2D eigenvalue weighted by molar-refractivity contribution is 6.30. The maximum atomic E-state index is 12.9. The molecule has 0 spiro atoms. The molecule has 0 atom stereocenters. The largest absolute Gasteiger partial charge is 0.463 e. The minimum atomic E-state index is -0.312. The summed E-state index contributed by atoms with van der Waals surface area (Å²) < 4.78 is 7.24. The fourth-order valence-corrected chi connectivity index (χ4v) is 2.88. The van der Waals surface area contributed by atoms with E-state index in [4.69, 9.17) is 16.0 Å². The number of rotatable bonds is 4. The lowest BCUT2D eigenvalue weighted by Gasteiger charge is -2.10. The lowest BCUT2D eigenvalue weighted by Crippen LogP contribution is -2.14. The molecule has 0 unspecified atom stereocenters. The summed E-state index contributed by atoms with van der Waals surface area (Å²) in [7, 11) is 0. The Bertz CT molecular complexity index is 1100. The monoisotopic (exact) mass is 381 g/mol. The molecule has 0 saturated heterocycles. The highest BCUT2D eigenvalue weighted by atomic mass is 35.5. The van der Waals surface area contributed by atoms with Gasteiger partial charge in [0.25, 0.3) is 5.91 Å². The number of nitrogens with zero attached hydrogens (tertiary/aromatic N) is 4. The SMILES string of the molecule is CC(C)n1ncc2c(C(=O)Nc3ccc(Cl)cn3)cc(-c3ccco3)nc21. The average molecular weight is 382 g/mol. The number of aromatic nitrogens is 4. The Morgan fingerprint density at radius 2 is 2.11 bits per heavy atom. The molecular formula is C19H16ClN5O2. The van der Waals surface area contributed by atoms with Crippen LogP contribution in [0.1, 0.15) is 30.2 Å². The number of pyridine rings is 2. The lowest BCUT2D eigenvalue weighted by atomic mass is 10.1. The smallest absolute Gasteiger partial charge is 0.257 e. The van der Waals surface area contributed by atoms with Gasteiger partial charge < -0.3 is 9.73 Å². The Labute approximate surface area is 160 Å². The molecule has 0 radical (unpaired) electrons. The first-order valence-corrected chi connectivity index (χ1v) is 8.76. The summed E-state index contributed by atoms with van der Waals surface area (Å²) in [5.41, 5.74) is 1.62. The Balaban J connectivity index is 1.82. The second-order valence-corrected chi connectivity index (χ2v) is 6.70. The fraction of sp³-hybridized carbons (Fsp3) is 0.158. The van der Waals surface area contributed by atoms with E-state index in [-0.39, 0.29) is 11.9 Å². The number of halogens is 1. The van der Waals surface area contributed by atoms with Crippen LogP contribution >= 0.6 is 11.6 Å². The fourth-order valence-electron chi connectivity index (χ4n) is 2.77. The molecule has 0 aliphatic carbocycles. The molecule has 4 aromatic rings. The summed E-state index contributed by atoms with van der Waals surface area (Å²) in [6, 6.07) is 8.67. The summed E-state index contributed by atoms with van der Waals surface area (Å²) >= 11 is 5.85. The first-order valence-electron chi connectivity index (χ1n) is 8.38. The van der Waals surface area contributed by atoms with Crippen molar-refractivity contribution in [1.82, 2.24) is 19.7 Å². The molecule has 4 heterocycles. The van der Waals surface area contributed by atoms with E-state index in [0.29, 0.717) is 38.9 Å². The Morgan fingerprint density at radius 1 is 1.26 bits per heavy atom. The van der Waals surface area contributed by atoms with Gasteiger partial charge in [0, 0.05) is 12.2 Å². The van der Waals surface area contributed by atoms with Crippen LogP contribution in [0.2, 0.25) is 5.02 Å². The average Bonchev–Trinajstić information content (AvgIpc) is 3.32. The molecule has 136 valence electrons. The van der Waals surface area contributed by atoms with Crippen molar-refractivity contribution in [1.29, 1.82) is 0 Å². The molecule has 1 N–H and O–H groups in total. The van der Waals surface area contributed by atoms with Gasteiger partial charge in [-0.15, -0.1) is 0 Å². The predicted molar refractivity (Wildman–Crippen MR) is 103 cm³/mol. The van der Waals surface area contributed by atoms with E-state index < -0.39 is 0 Å². The van der Waals surface area contributed by atoms with E-state index >= 15 is 0 Å². The molecule has 0 aliphatic heterocycles. The molecule has 4 aromatic heterocycles. The van der Waals surface area contributed by atoms with Crippen molar-refractivity contribution in [2.45, 2.75) is 19.9 Å². The third-order valence-electron chi connectivity index (χ3n) is 4.04. The van der Waals surface area contributed by atoms with Gasteiger partial charge in [0.15, 0.2) is 11.4 Å². The van der Waals surface area contributed by atoms with Crippen molar-refractivity contribution in [2.24, 2.45) is 0 Å². The van der Waals surface area contributed by atoms with Gasteiger partial charge in [0.1, 0.15) is 11.5 Å². The molecule has 0 aliphatic rings.